The Kier molecular flexibility index (Phi) is 5.53. The van der Waals surface area contributed by atoms with E-state index in [1.54, 1.807) is 6.07 Å². The summed E-state index contributed by atoms with van der Waals surface area (Å²) < 4.78 is 47.9. The smallest absolute Gasteiger partial charge is 0.241 e. The number of hydrazone groups is 1. The van der Waals surface area contributed by atoms with E-state index >= 15 is 0 Å². The number of hydrogen-bond donors (Lipinski definition) is 0. The van der Waals surface area contributed by atoms with Crippen LogP contribution in [0.15, 0.2) is 58.8 Å². The summed E-state index contributed by atoms with van der Waals surface area (Å²) in [6.45, 7) is 3.76. The van der Waals surface area contributed by atoms with Crippen LogP contribution in [0.4, 0.5) is 13.2 Å². The highest BCUT2D eigenvalue weighted by Crippen LogP contribution is 2.58. The second-order valence-corrected chi connectivity index (χ2v) is 8.70. The molecule has 2 unspecified atom stereocenters. The zero-order valence-electron chi connectivity index (χ0n) is 16.6. The van der Waals surface area contributed by atoms with Gasteiger partial charge in [-0.05, 0) is 36.3 Å². The van der Waals surface area contributed by atoms with Crippen LogP contribution in [-0.2, 0) is 9.67 Å². The molecule has 1 aromatic carbocycles. The SMILES string of the molecule is CCCC1COc2ccc(F)cc2C12SC(C1=CC=C(F)C=C(F)C1)=NN2C(C)=O. The van der Waals surface area contributed by atoms with Crippen molar-refractivity contribution < 1.29 is 22.7 Å². The van der Waals surface area contributed by atoms with Crippen LogP contribution in [0.1, 0.15) is 38.7 Å². The summed E-state index contributed by atoms with van der Waals surface area (Å²) in [6.07, 6.45) is 4.90. The van der Waals surface area contributed by atoms with Crippen molar-refractivity contribution >= 4 is 22.7 Å². The number of carbonyl (C=O) groups excluding carboxylic acids is 1. The largest absolute Gasteiger partial charge is 0.493 e. The summed E-state index contributed by atoms with van der Waals surface area (Å²) >= 11 is 1.28. The fourth-order valence-corrected chi connectivity index (χ4v) is 5.68. The van der Waals surface area contributed by atoms with Crippen molar-refractivity contribution in [1.29, 1.82) is 0 Å². The molecule has 2 heterocycles. The van der Waals surface area contributed by atoms with Gasteiger partial charge in [-0.15, -0.1) is 0 Å². The van der Waals surface area contributed by atoms with Gasteiger partial charge >= 0.3 is 0 Å². The van der Waals surface area contributed by atoms with Crippen LogP contribution in [0.25, 0.3) is 0 Å². The monoisotopic (exact) mass is 434 g/mol. The van der Waals surface area contributed by atoms with Crippen LogP contribution in [0.5, 0.6) is 5.75 Å². The molecule has 158 valence electrons. The van der Waals surface area contributed by atoms with Crippen molar-refractivity contribution in [2.75, 3.05) is 6.61 Å². The van der Waals surface area contributed by atoms with Crippen LogP contribution in [0, 0.1) is 11.7 Å². The van der Waals surface area contributed by atoms with E-state index in [1.165, 1.54) is 48.0 Å². The number of carbonyl (C=O) groups is 1. The van der Waals surface area contributed by atoms with E-state index in [1.807, 2.05) is 6.92 Å². The Balaban J connectivity index is 1.85. The van der Waals surface area contributed by atoms with Crippen molar-refractivity contribution in [3.05, 3.63) is 65.0 Å². The molecule has 1 spiro atoms. The van der Waals surface area contributed by atoms with Gasteiger partial charge in [0.2, 0.25) is 5.91 Å². The van der Waals surface area contributed by atoms with E-state index in [2.05, 4.69) is 5.10 Å². The Bertz CT molecular complexity index is 1020. The van der Waals surface area contributed by atoms with Gasteiger partial charge in [0.25, 0.3) is 0 Å². The first-order chi connectivity index (χ1) is 14.3. The highest BCUT2D eigenvalue weighted by atomic mass is 32.2. The lowest BCUT2D eigenvalue weighted by atomic mass is 9.86. The molecule has 0 aromatic heterocycles. The molecule has 0 bridgehead atoms. The van der Waals surface area contributed by atoms with E-state index in [0.29, 0.717) is 28.5 Å². The highest BCUT2D eigenvalue weighted by molar-refractivity contribution is 8.15. The first-order valence-electron chi connectivity index (χ1n) is 9.79. The van der Waals surface area contributed by atoms with E-state index in [4.69, 9.17) is 4.74 Å². The van der Waals surface area contributed by atoms with Gasteiger partial charge in [-0.25, -0.2) is 18.2 Å². The third kappa shape index (κ3) is 3.47. The number of nitrogens with zero attached hydrogens (tertiary/aromatic N) is 2. The van der Waals surface area contributed by atoms with Crippen molar-refractivity contribution in [3.63, 3.8) is 0 Å². The fraction of sp³-hybridized carbons (Fsp3) is 0.364. The predicted octanol–water partition coefficient (Wildman–Crippen LogP) is 5.73. The van der Waals surface area contributed by atoms with E-state index in [9.17, 15) is 18.0 Å². The number of fused-ring (bicyclic) bond motifs is 2. The number of thioether (sulfide) groups is 1. The third-order valence-corrected chi connectivity index (χ3v) is 6.96. The number of halogens is 3. The second-order valence-electron chi connectivity index (χ2n) is 7.48. The maximum atomic E-state index is 14.2. The molecule has 3 aliphatic rings. The van der Waals surface area contributed by atoms with Crippen LogP contribution < -0.4 is 4.74 Å². The molecule has 1 aromatic rings. The topological polar surface area (TPSA) is 41.9 Å². The lowest BCUT2D eigenvalue weighted by molar-refractivity contribution is -0.134. The maximum absolute atomic E-state index is 14.2. The second kappa shape index (κ2) is 7.98. The van der Waals surface area contributed by atoms with Crippen molar-refractivity contribution in [3.8, 4) is 5.75 Å². The summed E-state index contributed by atoms with van der Waals surface area (Å²) in [4.78, 5) is 11.7. The number of benzene rings is 1. The number of amides is 1. The Morgan fingerprint density at radius 2 is 2.13 bits per heavy atom. The average molecular weight is 434 g/mol. The van der Waals surface area contributed by atoms with Crippen LogP contribution in [0.2, 0.25) is 0 Å². The Hall–Kier alpha value is -2.48. The van der Waals surface area contributed by atoms with Gasteiger partial charge in [0.15, 0.2) is 4.87 Å². The maximum Gasteiger partial charge on any atom is 0.241 e. The summed E-state index contributed by atoms with van der Waals surface area (Å²) in [5.41, 5.74) is 0.988. The standard InChI is InChI=1S/C22H21F3N2O2S/c1-3-4-15-12-29-20-8-7-17(24)11-19(20)22(15)27(13(2)28)26-21(30-22)14-5-6-16(23)10-18(25)9-14/h5-8,10-11,15H,3-4,9,12H2,1-2H3. The predicted molar refractivity (Wildman–Crippen MR) is 111 cm³/mol. The molecule has 1 amide bonds. The molecular weight excluding hydrogens is 413 g/mol. The number of allylic oxidation sites excluding steroid dienone is 5. The molecule has 0 saturated carbocycles. The summed E-state index contributed by atoms with van der Waals surface area (Å²) in [5.74, 6) is -1.75. The van der Waals surface area contributed by atoms with Gasteiger partial charge in [-0.3, -0.25) is 4.79 Å². The molecular formula is C22H21F3N2O2S. The number of hydrogen-bond acceptors (Lipinski definition) is 4. The third-order valence-electron chi connectivity index (χ3n) is 5.39. The highest BCUT2D eigenvalue weighted by Gasteiger charge is 2.56. The normalized spacial score (nSPS) is 25.6. The molecule has 0 radical (unpaired) electrons. The van der Waals surface area contributed by atoms with Crippen molar-refractivity contribution in [2.45, 2.75) is 38.0 Å². The first kappa shape index (κ1) is 20.8. The summed E-state index contributed by atoms with van der Waals surface area (Å²) in [6, 6.07) is 4.24. The molecule has 2 atom stereocenters. The average Bonchev–Trinajstić information content (AvgIpc) is 3.00. The van der Waals surface area contributed by atoms with Crippen LogP contribution in [0.3, 0.4) is 0 Å². The lowest BCUT2D eigenvalue weighted by Crippen LogP contribution is -2.50. The van der Waals surface area contributed by atoms with E-state index in [-0.39, 0.29) is 18.2 Å². The molecule has 2 aliphatic heterocycles. The Labute approximate surface area is 177 Å². The molecule has 4 rings (SSSR count). The van der Waals surface area contributed by atoms with Crippen molar-refractivity contribution in [1.82, 2.24) is 5.01 Å². The Morgan fingerprint density at radius 1 is 1.33 bits per heavy atom. The van der Waals surface area contributed by atoms with Crippen molar-refractivity contribution in [2.24, 2.45) is 11.0 Å². The van der Waals surface area contributed by atoms with Gasteiger partial charge in [0.05, 0.1) is 6.61 Å². The number of ether oxygens (including phenoxy) is 1. The Morgan fingerprint density at radius 3 is 2.87 bits per heavy atom. The van der Waals surface area contributed by atoms with Gasteiger partial charge < -0.3 is 4.74 Å². The minimum atomic E-state index is -1.01. The molecule has 30 heavy (non-hydrogen) atoms. The van der Waals surface area contributed by atoms with Crippen LogP contribution >= 0.6 is 11.8 Å². The molecule has 1 aliphatic carbocycles. The van der Waals surface area contributed by atoms with Gasteiger partial charge in [-0.1, -0.05) is 31.2 Å². The molecule has 0 saturated heterocycles. The lowest BCUT2D eigenvalue weighted by Gasteiger charge is -2.45. The van der Waals surface area contributed by atoms with Crippen LogP contribution in [-0.4, -0.2) is 22.6 Å². The quantitative estimate of drug-likeness (QED) is 0.610. The van der Waals surface area contributed by atoms with Gasteiger partial charge in [0, 0.05) is 30.9 Å². The summed E-state index contributed by atoms with van der Waals surface area (Å²) in [5, 5.41) is 6.30. The minimum absolute atomic E-state index is 0.136. The zero-order chi connectivity index (χ0) is 21.5. The van der Waals surface area contributed by atoms with E-state index < -0.39 is 22.3 Å². The first-order valence-corrected chi connectivity index (χ1v) is 10.6. The van der Waals surface area contributed by atoms with E-state index in [0.717, 1.165) is 18.9 Å². The zero-order valence-corrected chi connectivity index (χ0v) is 17.4. The minimum Gasteiger partial charge on any atom is -0.493 e. The molecule has 0 fully saturated rings. The molecule has 0 N–H and O–H groups in total. The van der Waals surface area contributed by atoms with Gasteiger partial charge in [0.1, 0.15) is 28.3 Å². The molecule has 8 heteroatoms. The summed E-state index contributed by atoms with van der Waals surface area (Å²) in [7, 11) is 0. The van der Waals surface area contributed by atoms with Gasteiger partial charge in [-0.2, -0.15) is 5.10 Å². The fourth-order valence-electron chi connectivity index (χ4n) is 4.11. The number of rotatable bonds is 3. The molecule has 4 nitrogen and oxygen atoms in total.